The molecule has 0 bridgehead atoms. The Bertz CT molecular complexity index is 1050. The zero-order chi connectivity index (χ0) is 32.0. The van der Waals surface area contributed by atoms with E-state index in [4.69, 9.17) is 14.2 Å². The second-order valence-corrected chi connectivity index (χ2v) is 12.7. The normalized spacial score (nSPS) is 18.9. The summed E-state index contributed by atoms with van der Waals surface area (Å²) >= 11 is 0. The van der Waals surface area contributed by atoms with Crippen molar-refractivity contribution < 1.29 is 34.0 Å². The highest BCUT2D eigenvalue weighted by Crippen LogP contribution is 2.27. The van der Waals surface area contributed by atoms with Crippen LogP contribution in [0.15, 0.2) is 17.1 Å². The van der Waals surface area contributed by atoms with Crippen molar-refractivity contribution >= 4 is 18.0 Å². The van der Waals surface area contributed by atoms with Crippen LogP contribution in [0.1, 0.15) is 79.9 Å². The molecular formula is C29H52N6O8. The van der Waals surface area contributed by atoms with Crippen LogP contribution in [0.3, 0.4) is 0 Å². The average Bonchev–Trinajstić information content (AvgIpc) is 3.26. The molecule has 0 spiro atoms. The molecule has 0 aliphatic carbocycles. The number of alkyl carbamates (subject to hydrolysis) is 2. The van der Waals surface area contributed by atoms with Crippen LogP contribution < -0.4 is 21.6 Å². The quantitative estimate of drug-likeness (QED) is 0.173. The molecule has 1 saturated heterocycles. The number of nitrogens with one attached hydrogen (secondary N) is 3. The van der Waals surface area contributed by atoms with Gasteiger partial charge in [0, 0.05) is 32.3 Å². The maximum Gasteiger partial charge on any atom is 0.407 e. The number of ether oxygens (including phenoxy) is 3. The van der Waals surface area contributed by atoms with Crippen LogP contribution in [0.4, 0.5) is 15.4 Å². The van der Waals surface area contributed by atoms with E-state index in [1.165, 1.54) is 4.57 Å². The molecule has 246 valence electrons. The van der Waals surface area contributed by atoms with Gasteiger partial charge in [0.05, 0.1) is 12.7 Å². The van der Waals surface area contributed by atoms with Gasteiger partial charge in [-0.25, -0.2) is 14.4 Å². The lowest BCUT2D eigenvalue weighted by molar-refractivity contribution is -0.0458. The van der Waals surface area contributed by atoms with Crippen molar-refractivity contribution in [3.63, 3.8) is 0 Å². The van der Waals surface area contributed by atoms with Gasteiger partial charge >= 0.3 is 17.9 Å². The van der Waals surface area contributed by atoms with Crippen molar-refractivity contribution in [1.82, 2.24) is 25.1 Å². The van der Waals surface area contributed by atoms with Gasteiger partial charge in [-0.15, -0.1) is 0 Å². The number of carbonyl (C=O) groups excluding carboxylic acids is 2. The van der Waals surface area contributed by atoms with Crippen LogP contribution in [0, 0.1) is 0 Å². The van der Waals surface area contributed by atoms with Gasteiger partial charge < -0.3 is 45.3 Å². The Hall–Kier alpha value is -2.94. The number of aliphatic hydroxyl groups excluding tert-OH is 2. The third-order valence-corrected chi connectivity index (χ3v) is 6.37. The van der Waals surface area contributed by atoms with E-state index < -0.39 is 47.5 Å². The van der Waals surface area contributed by atoms with Crippen LogP contribution in [0.5, 0.6) is 0 Å². The fourth-order valence-corrected chi connectivity index (χ4v) is 4.41. The number of hydrogen-bond acceptors (Lipinski definition) is 11. The Labute approximate surface area is 254 Å². The SMILES string of the molecule is CC(C)(C)OC(=O)NCCCCN(CCCNC(=O)OC(C)(C)C)CCCNc1ccn([C@H]2C[C@H](O)[C@@H](CO)O2)c(=O)n1. The number of amides is 2. The zero-order valence-corrected chi connectivity index (χ0v) is 26.6. The van der Waals surface area contributed by atoms with Crippen LogP contribution in [-0.4, -0.2) is 106 Å². The van der Waals surface area contributed by atoms with E-state index in [0.717, 1.165) is 45.3 Å². The van der Waals surface area contributed by atoms with Gasteiger partial charge in [0.15, 0.2) is 0 Å². The first-order chi connectivity index (χ1) is 20.2. The molecule has 3 atom stereocenters. The molecule has 1 fully saturated rings. The summed E-state index contributed by atoms with van der Waals surface area (Å²) < 4.78 is 17.4. The van der Waals surface area contributed by atoms with E-state index in [0.29, 0.717) is 25.5 Å². The summed E-state index contributed by atoms with van der Waals surface area (Å²) in [5.41, 5.74) is -1.58. The second kappa shape index (κ2) is 17.4. The van der Waals surface area contributed by atoms with Gasteiger partial charge in [0.2, 0.25) is 0 Å². The lowest BCUT2D eigenvalue weighted by atomic mass is 10.2. The molecule has 14 nitrogen and oxygen atoms in total. The number of aliphatic hydroxyl groups is 2. The molecule has 5 N–H and O–H groups in total. The number of anilines is 1. The fraction of sp³-hybridized carbons (Fsp3) is 0.793. The highest BCUT2D eigenvalue weighted by Gasteiger charge is 2.35. The first kappa shape index (κ1) is 36.3. The van der Waals surface area contributed by atoms with E-state index in [9.17, 15) is 24.6 Å². The third-order valence-electron chi connectivity index (χ3n) is 6.37. The summed E-state index contributed by atoms with van der Waals surface area (Å²) in [6.07, 6.45) is 1.91. The predicted octanol–water partition coefficient (Wildman–Crippen LogP) is 2.21. The molecule has 0 aromatic carbocycles. The van der Waals surface area contributed by atoms with Crippen LogP contribution in [-0.2, 0) is 14.2 Å². The van der Waals surface area contributed by atoms with Gasteiger partial charge in [-0.05, 0) is 92.9 Å². The van der Waals surface area contributed by atoms with Crippen LogP contribution in [0.2, 0.25) is 0 Å². The molecule has 1 aliphatic heterocycles. The number of rotatable bonds is 16. The topological polar surface area (TPSA) is 177 Å². The Morgan fingerprint density at radius 2 is 1.53 bits per heavy atom. The number of nitrogens with zero attached hydrogens (tertiary/aromatic N) is 3. The summed E-state index contributed by atoms with van der Waals surface area (Å²) in [5.74, 6) is 0.444. The predicted molar refractivity (Wildman–Crippen MR) is 162 cm³/mol. The third kappa shape index (κ3) is 14.9. The number of hydrogen-bond donors (Lipinski definition) is 5. The van der Waals surface area contributed by atoms with E-state index in [1.807, 2.05) is 41.5 Å². The van der Waals surface area contributed by atoms with Crippen molar-refractivity contribution in [3.8, 4) is 0 Å². The Morgan fingerprint density at radius 1 is 0.977 bits per heavy atom. The number of carbonyl (C=O) groups is 2. The molecule has 14 heteroatoms. The molecule has 2 heterocycles. The number of aromatic nitrogens is 2. The Morgan fingerprint density at radius 3 is 2.07 bits per heavy atom. The van der Waals surface area contributed by atoms with Gasteiger partial charge in [-0.3, -0.25) is 4.57 Å². The molecule has 1 aliphatic rings. The van der Waals surface area contributed by atoms with E-state index >= 15 is 0 Å². The Kier molecular flexibility index (Phi) is 14.7. The lowest BCUT2D eigenvalue weighted by Crippen LogP contribution is -2.35. The summed E-state index contributed by atoms with van der Waals surface area (Å²) in [6.45, 7) is 14.6. The molecule has 0 saturated carbocycles. The highest BCUT2D eigenvalue weighted by molar-refractivity contribution is 5.67. The lowest BCUT2D eigenvalue weighted by Gasteiger charge is -2.23. The number of unbranched alkanes of at least 4 members (excludes halogenated alkanes) is 1. The molecule has 2 amide bonds. The van der Waals surface area contributed by atoms with Gasteiger partial charge in [-0.1, -0.05) is 0 Å². The van der Waals surface area contributed by atoms with Crippen molar-refractivity contribution in [2.24, 2.45) is 0 Å². The summed E-state index contributed by atoms with van der Waals surface area (Å²) in [7, 11) is 0. The largest absolute Gasteiger partial charge is 0.444 e. The smallest absolute Gasteiger partial charge is 0.407 e. The highest BCUT2D eigenvalue weighted by atomic mass is 16.6. The summed E-state index contributed by atoms with van der Waals surface area (Å²) in [5, 5.41) is 28.0. The molecule has 0 unspecified atom stereocenters. The van der Waals surface area contributed by atoms with E-state index in [-0.39, 0.29) is 13.0 Å². The first-order valence-electron chi connectivity index (χ1n) is 15.1. The van der Waals surface area contributed by atoms with Crippen molar-refractivity contribution in [1.29, 1.82) is 0 Å². The maximum absolute atomic E-state index is 12.5. The minimum atomic E-state index is -0.836. The molecule has 2 rings (SSSR count). The summed E-state index contributed by atoms with van der Waals surface area (Å²) in [6, 6.07) is 1.68. The van der Waals surface area contributed by atoms with Crippen molar-refractivity contribution in [2.75, 3.05) is 51.2 Å². The first-order valence-corrected chi connectivity index (χ1v) is 15.1. The Balaban J connectivity index is 1.79. The molecule has 0 radical (unpaired) electrons. The van der Waals surface area contributed by atoms with Crippen molar-refractivity contribution in [3.05, 3.63) is 22.7 Å². The van der Waals surface area contributed by atoms with Gasteiger partial charge in [0.1, 0.15) is 29.4 Å². The molecule has 43 heavy (non-hydrogen) atoms. The van der Waals surface area contributed by atoms with E-state index in [1.54, 1.807) is 12.3 Å². The van der Waals surface area contributed by atoms with Crippen LogP contribution in [0.25, 0.3) is 0 Å². The monoisotopic (exact) mass is 612 g/mol. The maximum atomic E-state index is 12.5. The molecule has 1 aromatic rings. The van der Waals surface area contributed by atoms with Crippen molar-refractivity contribution in [2.45, 2.75) is 103 Å². The van der Waals surface area contributed by atoms with Gasteiger partial charge in [-0.2, -0.15) is 4.98 Å². The minimum Gasteiger partial charge on any atom is -0.444 e. The minimum absolute atomic E-state index is 0.208. The second-order valence-electron chi connectivity index (χ2n) is 12.7. The standard InChI is InChI=1S/C29H52N6O8/c1-28(2,3)42-26(39)31-12-7-8-15-34(17-10-14-32-27(40)43-29(4,5)6)16-9-13-30-23-11-18-35(25(38)33-23)24-19-21(37)22(20-36)41-24/h11,18,21-22,24,36-37H,7-10,12-17,19-20H2,1-6H3,(H,31,39)(H,32,40)(H,30,33,38)/t21-,22+,24+/m0/s1. The van der Waals surface area contributed by atoms with Gasteiger partial charge in [0.25, 0.3) is 0 Å². The zero-order valence-electron chi connectivity index (χ0n) is 26.6. The average molecular weight is 613 g/mol. The van der Waals surface area contributed by atoms with E-state index in [2.05, 4.69) is 25.8 Å². The van der Waals surface area contributed by atoms with Crippen LogP contribution >= 0.6 is 0 Å². The fourth-order valence-electron chi connectivity index (χ4n) is 4.41. The summed E-state index contributed by atoms with van der Waals surface area (Å²) in [4.78, 5) is 42.7. The molecule has 1 aromatic heterocycles. The molecular weight excluding hydrogens is 560 g/mol.